The molecular weight excluding hydrogens is 306 g/mol. The molecule has 0 aromatic heterocycles. The van der Waals surface area contributed by atoms with Crippen LogP contribution in [0.4, 0.5) is 4.79 Å². The Morgan fingerprint density at radius 2 is 1.82 bits per heavy atom. The molecule has 5 N–H and O–H groups in total. The van der Waals surface area contributed by atoms with Crippen LogP contribution in [0.15, 0.2) is 10.6 Å². The summed E-state index contributed by atoms with van der Waals surface area (Å²) in [5, 5.41) is 44.3. The number of aliphatic hydroxyl groups excluding tert-OH is 4. The molecule has 0 heterocycles. The highest BCUT2D eigenvalue weighted by molar-refractivity contribution is 5.78. The molecule has 0 aliphatic carbocycles. The lowest BCUT2D eigenvalue weighted by atomic mass is 10.0. The first-order chi connectivity index (χ1) is 10.3. The standard InChI is InChI=1S/C9H17N5O8/c1-13(11-21)4-14(12-22)9(20)10-5(2-15)7(18)8(19)6(17)3-16/h2,5-8,16-19H,3-4H2,1H3,(H,10,20)/t5-,6+,7+,8+/m0/s1. The second-order valence-electron chi connectivity index (χ2n) is 4.20. The van der Waals surface area contributed by atoms with Crippen molar-refractivity contribution in [2.75, 3.05) is 20.3 Å². The zero-order valence-electron chi connectivity index (χ0n) is 11.5. The van der Waals surface area contributed by atoms with Gasteiger partial charge in [-0.2, -0.15) is 5.01 Å². The summed E-state index contributed by atoms with van der Waals surface area (Å²) in [5.74, 6) is 0. The molecule has 0 rings (SSSR count). The average molecular weight is 323 g/mol. The molecule has 13 nitrogen and oxygen atoms in total. The van der Waals surface area contributed by atoms with Gasteiger partial charge in [-0.25, -0.2) is 9.80 Å². The molecule has 0 radical (unpaired) electrons. The molecule has 0 unspecified atom stereocenters. The number of urea groups is 1. The maximum Gasteiger partial charge on any atom is 0.342 e. The van der Waals surface area contributed by atoms with Gasteiger partial charge in [-0.3, -0.25) is 0 Å². The molecule has 0 bridgehead atoms. The van der Waals surface area contributed by atoms with Crippen molar-refractivity contribution in [3.8, 4) is 0 Å². The Kier molecular flexibility index (Phi) is 8.69. The summed E-state index contributed by atoms with van der Waals surface area (Å²) in [7, 11) is 1.14. The van der Waals surface area contributed by atoms with Gasteiger partial charge < -0.3 is 30.5 Å². The van der Waals surface area contributed by atoms with Crippen LogP contribution >= 0.6 is 0 Å². The Morgan fingerprint density at radius 1 is 1.23 bits per heavy atom. The van der Waals surface area contributed by atoms with Crippen LogP contribution in [0.3, 0.4) is 0 Å². The van der Waals surface area contributed by atoms with E-state index >= 15 is 0 Å². The van der Waals surface area contributed by atoms with Crippen LogP contribution < -0.4 is 5.32 Å². The molecule has 22 heavy (non-hydrogen) atoms. The van der Waals surface area contributed by atoms with Gasteiger partial charge in [0.15, 0.2) is 0 Å². The lowest BCUT2D eigenvalue weighted by Gasteiger charge is -2.27. The Bertz CT molecular complexity index is 396. The molecule has 0 aliphatic heterocycles. The molecule has 0 aliphatic rings. The summed E-state index contributed by atoms with van der Waals surface area (Å²) in [6.45, 7) is -1.52. The lowest BCUT2D eigenvalue weighted by Crippen LogP contribution is -2.55. The minimum atomic E-state index is -1.96. The molecule has 2 amide bonds. The number of rotatable bonds is 10. The normalized spacial score (nSPS) is 15.9. The molecule has 0 aromatic rings. The minimum absolute atomic E-state index is 0.0422. The van der Waals surface area contributed by atoms with E-state index in [1.807, 2.05) is 5.32 Å². The summed E-state index contributed by atoms with van der Waals surface area (Å²) >= 11 is 0. The first kappa shape index (κ1) is 19.8. The second-order valence-corrected chi connectivity index (χ2v) is 4.20. The molecule has 0 saturated carbocycles. The molecule has 4 atom stereocenters. The van der Waals surface area contributed by atoms with Crippen LogP contribution in [-0.4, -0.2) is 87.4 Å². The highest BCUT2D eigenvalue weighted by Gasteiger charge is 2.33. The van der Waals surface area contributed by atoms with E-state index in [0.29, 0.717) is 5.01 Å². The number of amides is 2. The fourth-order valence-electron chi connectivity index (χ4n) is 1.31. The third-order valence-corrected chi connectivity index (χ3v) is 2.55. The van der Waals surface area contributed by atoms with Crippen molar-refractivity contribution in [3.63, 3.8) is 0 Å². The summed E-state index contributed by atoms with van der Waals surface area (Å²) in [4.78, 5) is 43.2. The van der Waals surface area contributed by atoms with Crippen LogP contribution in [0.2, 0.25) is 0 Å². The van der Waals surface area contributed by atoms with E-state index < -0.39 is 43.7 Å². The van der Waals surface area contributed by atoms with Crippen molar-refractivity contribution in [3.05, 3.63) is 9.81 Å². The molecule has 0 saturated heterocycles. The van der Waals surface area contributed by atoms with Gasteiger partial charge in [-0.15, -0.1) is 9.81 Å². The maximum absolute atomic E-state index is 11.6. The van der Waals surface area contributed by atoms with E-state index in [4.69, 9.17) is 10.2 Å². The summed E-state index contributed by atoms with van der Waals surface area (Å²) in [5.41, 5.74) is 0. The van der Waals surface area contributed by atoms with Gasteiger partial charge in [-0.05, 0) is 0 Å². The number of aldehydes is 1. The van der Waals surface area contributed by atoms with Gasteiger partial charge in [0.2, 0.25) is 0 Å². The molecule has 0 fully saturated rings. The Balaban J connectivity index is 4.83. The second kappa shape index (κ2) is 9.67. The number of nitroso groups, excluding NO2 is 2. The van der Waals surface area contributed by atoms with Crippen LogP contribution in [0.1, 0.15) is 0 Å². The summed E-state index contributed by atoms with van der Waals surface area (Å²) in [6.07, 6.45) is -5.60. The third kappa shape index (κ3) is 5.65. The van der Waals surface area contributed by atoms with Gasteiger partial charge in [0.05, 0.1) is 17.2 Å². The largest absolute Gasteiger partial charge is 0.394 e. The molecule has 126 valence electrons. The Morgan fingerprint density at radius 3 is 2.23 bits per heavy atom. The highest BCUT2D eigenvalue weighted by atomic mass is 16.4. The van der Waals surface area contributed by atoms with Gasteiger partial charge in [0, 0.05) is 7.05 Å². The third-order valence-electron chi connectivity index (χ3n) is 2.55. The van der Waals surface area contributed by atoms with E-state index in [-0.39, 0.29) is 11.3 Å². The molecule has 13 heteroatoms. The van der Waals surface area contributed by atoms with Crippen molar-refractivity contribution in [2.45, 2.75) is 24.4 Å². The fraction of sp³-hybridized carbons (Fsp3) is 0.778. The van der Waals surface area contributed by atoms with E-state index in [0.717, 1.165) is 7.05 Å². The van der Waals surface area contributed by atoms with Crippen molar-refractivity contribution >= 4 is 12.3 Å². The topological polar surface area (TPSA) is 192 Å². The van der Waals surface area contributed by atoms with Crippen LogP contribution in [0.5, 0.6) is 0 Å². The zero-order chi connectivity index (χ0) is 17.3. The smallest absolute Gasteiger partial charge is 0.342 e. The van der Waals surface area contributed by atoms with Crippen molar-refractivity contribution in [1.82, 2.24) is 15.3 Å². The molecule has 0 aromatic carbocycles. The maximum atomic E-state index is 11.6. The quantitative estimate of drug-likeness (QED) is 0.120. The van der Waals surface area contributed by atoms with E-state index in [9.17, 15) is 29.6 Å². The van der Waals surface area contributed by atoms with Crippen LogP contribution in [0, 0.1) is 9.81 Å². The number of hydrogen-bond acceptors (Lipinski definition) is 10. The molecule has 0 spiro atoms. The monoisotopic (exact) mass is 323 g/mol. The first-order valence-electron chi connectivity index (χ1n) is 5.88. The van der Waals surface area contributed by atoms with Gasteiger partial charge in [0.1, 0.15) is 37.3 Å². The van der Waals surface area contributed by atoms with Gasteiger partial charge in [-0.1, -0.05) is 0 Å². The van der Waals surface area contributed by atoms with Gasteiger partial charge in [0.25, 0.3) is 0 Å². The van der Waals surface area contributed by atoms with Crippen molar-refractivity contribution < 1.29 is 30.0 Å². The van der Waals surface area contributed by atoms with E-state index in [1.54, 1.807) is 0 Å². The number of aliphatic hydroxyl groups is 4. The van der Waals surface area contributed by atoms with Crippen LogP contribution in [-0.2, 0) is 4.79 Å². The van der Waals surface area contributed by atoms with Gasteiger partial charge >= 0.3 is 6.03 Å². The highest BCUT2D eigenvalue weighted by Crippen LogP contribution is 2.05. The predicted molar refractivity (Wildman–Crippen MR) is 69.5 cm³/mol. The number of nitrogens with one attached hydrogen (secondary N) is 1. The minimum Gasteiger partial charge on any atom is -0.394 e. The molecular formula is C9H17N5O8. The van der Waals surface area contributed by atoms with E-state index in [1.165, 1.54) is 0 Å². The van der Waals surface area contributed by atoms with Crippen molar-refractivity contribution in [1.29, 1.82) is 0 Å². The number of carbonyl (C=O) groups excluding carboxylic acids is 2. The SMILES string of the molecule is CN(CN(N=O)C(=O)N[C@@H](C=O)[C@@H](O)[C@H](O)[C@H](O)CO)N=O. The fourth-order valence-corrected chi connectivity index (χ4v) is 1.31. The summed E-state index contributed by atoms with van der Waals surface area (Å²) < 4.78 is 0. The van der Waals surface area contributed by atoms with Crippen molar-refractivity contribution in [2.24, 2.45) is 10.6 Å². The summed E-state index contributed by atoms with van der Waals surface area (Å²) in [6, 6.07) is -2.96. The Labute approximate surface area is 124 Å². The van der Waals surface area contributed by atoms with Crippen LogP contribution in [0.25, 0.3) is 0 Å². The number of hydrogen-bond donors (Lipinski definition) is 5. The number of nitrogens with zero attached hydrogens (tertiary/aromatic N) is 4. The zero-order valence-corrected chi connectivity index (χ0v) is 11.5. The lowest BCUT2D eigenvalue weighted by molar-refractivity contribution is -0.119. The number of carbonyl (C=O) groups is 2. The predicted octanol–water partition coefficient (Wildman–Crippen LogP) is -3.11. The Hall–Kier alpha value is -2.22. The first-order valence-corrected chi connectivity index (χ1v) is 5.88. The average Bonchev–Trinajstić information content (AvgIpc) is 2.54. The van der Waals surface area contributed by atoms with E-state index in [2.05, 4.69) is 10.6 Å².